The fourth-order valence-electron chi connectivity index (χ4n) is 2.14. The molecule has 2 N–H and O–H groups in total. The number of halogens is 4. The zero-order chi connectivity index (χ0) is 17.8. The first-order valence-electron chi connectivity index (χ1n) is 6.40. The normalized spacial score (nSPS) is 14.0. The maximum atomic E-state index is 12.5. The molecule has 1 aromatic carbocycles. The summed E-state index contributed by atoms with van der Waals surface area (Å²) in [6, 6.07) is 4.47. The maximum Gasteiger partial charge on any atom is 0.471 e. The number of hydrogen-bond donors (Lipinski definition) is 2. The molecule has 128 valence electrons. The molecule has 1 rings (SSSR count). The van der Waals surface area contributed by atoms with Crippen LogP contribution in [0.4, 0.5) is 13.2 Å². The summed E-state index contributed by atoms with van der Waals surface area (Å²) in [6.45, 7) is 1.21. The summed E-state index contributed by atoms with van der Waals surface area (Å²) in [5, 5.41) is 11.0. The first-order chi connectivity index (χ1) is 10.5. The van der Waals surface area contributed by atoms with E-state index in [1.165, 1.54) is 32.2 Å². The minimum absolute atomic E-state index is 0.204. The number of rotatable bonds is 6. The van der Waals surface area contributed by atoms with Crippen LogP contribution in [-0.2, 0) is 16.0 Å². The summed E-state index contributed by atoms with van der Waals surface area (Å²) in [5.41, 5.74) is -1.29. The Morgan fingerprint density at radius 2 is 1.96 bits per heavy atom. The van der Waals surface area contributed by atoms with E-state index in [0.717, 1.165) is 0 Å². The molecule has 0 aliphatic heterocycles. The number of aliphatic carboxylic acids is 1. The third-order valence-electron chi connectivity index (χ3n) is 3.04. The highest BCUT2D eigenvalue weighted by Crippen LogP contribution is 2.29. The van der Waals surface area contributed by atoms with Crippen molar-refractivity contribution in [3.63, 3.8) is 0 Å². The Hall–Kier alpha value is -1.96. The molecule has 1 unspecified atom stereocenters. The monoisotopic (exact) mass is 353 g/mol. The molecule has 5 nitrogen and oxygen atoms in total. The Balaban J connectivity index is 3.14. The van der Waals surface area contributed by atoms with Crippen molar-refractivity contribution in [2.75, 3.05) is 7.11 Å². The molecule has 0 spiro atoms. The van der Waals surface area contributed by atoms with Crippen LogP contribution >= 0.6 is 11.6 Å². The van der Waals surface area contributed by atoms with Crippen molar-refractivity contribution in [1.82, 2.24) is 5.32 Å². The van der Waals surface area contributed by atoms with Crippen LogP contribution in [0.2, 0.25) is 5.02 Å². The topological polar surface area (TPSA) is 75.6 Å². The number of carboxylic acid groups (broad SMARTS) is 1. The number of carbonyl (C=O) groups excluding carboxylic acids is 1. The van der Waals surface area contributed by atoms with Gasteiger partial charge in [0.2, 0.25) is 0 Å². The number of hydrogen-bond acceptors (Lipinski definition) is 3. The van der Waals surface area contributed by atoms with Gasteiger partial charge in [-0.15, -0.1) is 0 Å². The summed E-state index contributed by atoms with van der Waals surface area (Å²) in [6.07, 6.45) is -6.02. The van der Waals surface area contributed by atoms with Crippen molar-refractivity contribution in [3.05, 3.63) is 28.8 Å². The molecule has 0 aromatic heterocycles. The zero-order valence-electron chi connectivity index (χ0n) is 12.3. The first kappa shape index (κ1) is 19.1. The minimum atomic E-state index is -5.11. The van der Waals surface area contributed by atoms with E-state index < -0.39 is 30.0 Å². The van der Waals surface area contributed by atoms with Crippen molar-refractivity contribution in [2.45, 2.75) is 31.5 Å². The second-order valence-corrected chi connectivity index (χ2v) is 5.65. The molecule has 0 saturated heterocycles. The summed E-state index contributed by atoms with van der Waals surface area (Å²) >= 11 is 5.85. The van der Waals surface area contributed by atoms with Gasteiger partial charge in [0.05, 0.1) is 19.1 Å². The molecule has 9 heteroatoms. The standard InChI is InChI=1S/C14H15ClF3NO4/c1-13(7-11(20)21,19-12(22)14(16,17)18)6-8-5-9(15)3-4-10(8)23-2/h3-5H,6-7H2,1-2H3,(H,19,22)(H,20,21). The van der Waals surface area contributed by atoms with Crippen LogP contribution in [0.5, 0.6) is 5.75 Å². The fraction of sp³-hybridized carbons (Fsp3) is 0.429. The van der Waals surface area contributed by atoms with E-state index in [0.29, 0.717) is 16.3 Å². The van der Waals surface area contributed by atoms with Gasteiger partial charge >= 0.3 is 18.1 Å². The van der Waals surface area contributed by atoms with E-state index in [1.54, 1.807) is 5.32 Å². The smallest absolute Gasteiger partial charge is 0.471 e. The average Bonchev–Trinajstić information content (AvgIpc) is 2.36. The molecule has 0 radical (unpaired) electrons. The van der Waals surface area contributed by atoms with Crippen LogP contribution in [0.15, 0.2) is 18.2 Å². The average molecular weight is 354 g/mol. The summed E-state index contributed by atoms with van der Waals surface area (Å²) < 4.78 is 42.5. The number of methoxy groups -OCH3 is 1. The maximum absolute atomic E-state index is 12.5. The van der Waals surface area contributed by atoms with E-state index in [4.69, 9.17) is 21.4 Å². The van der Waals surface area contributed by atoms with Crippen molar-refractivity contribution in [3.8, 4) is 5.75 Å². The number of alkyl halides is 3. The van der Waals surface area contributed by atoms with Gasteiger partial charge in [0.15, 0.2) is 0 Å². The van der Waals surface area contributed by atoms with Gasteiger partial charge in [-0.25, -0.2) is 0 Å². The van der Waals surface area contributed by atoms with Gasteiger partial charge in [-0.2, -0.15) is 13.2 Å². The third-order valence-corrected chi connectivity index (χ3v) is 3.27. The highest BCUT2D eigenvalue weighted by molar-refractivity contribution is 6.30. The van der Waals surface area contributed by atoms with E-state index in [1.807, 2.05) is 0 Å². The second kappa shape index (κ2) is 7.08. The van der Waals surface area contributed by atoms with E-state index >= 15 is 0 Å². The molecule has 0 aliphatic carbocycles. The third kappa shape index (κ3) is 5.63. The summed E-state index contributed by atoms with van der Waals surface area (Å²) in [4.78, 5) is 22.2. The molecule has 0 heterocycles. The number of carbonyl (C=O) groups is 2. The number of ether oxygens (including phenoxy) is 1. The number of benzene rings is 1. The lowest BCUT2D eigenvalue weighted by Gasteiger charge is -2.30. The summed E-state index contributed by atoms with van der Waals surface area (Å²) in [7, 11) is 1.36. The van der Waals surface area contributed by atoms with Crippen molar-refractivity contribution >= 4 is 23.5 Å². The number of amides is 1. The Kier molecular flexibility index (Phi) is 5.87. The SMILES string of the molecule is COc1ccc(Cl)cc1CC(C)(CC(=O)O)NC(=O)C(F)(F)F. The van der Waals surface area contributed by atoms with Crippen molar-refractivity contribution in [1.29, 1.82) is 0 Å². The predicted molar refractivity (Wildman–Crippen MR) is 76.6 cm³/mol. The quantitative estimate of drug-likeness (QED) is 0.824. The van der Waals surface area contributed by atoms with Crippen LogP contribution in [0, 0.1) is 0 Å². The molecule has 0 saturated carbocycles. The van der Waals surface area contributed by atoms with E-state index in [9.17, 15) is 22.8 Å². The molecule has 0 aliphatic rings. The van der Waals surface area contributed by atoms with Gasteiger partial charge in [-0.1, -0.05) is 11.6 Å². The number of carboxylic acids is 1. The number of nitrogens with one attached hydrogen (secondary N) is 1. The Labute approximate surface area is 135 Å². The minimum Gasteiger partial charge on any atom is -0.496 e. The molecule has 1 amide bonds. The van der Waals surface area contributed by atoms with Crippen LogP contribution in [0.3, 0.4) is 0 Å². The molecule has 23 heavy (non-hydrogen) atoms. The molecular weight excluding hydrogens is 339 g/mol. The lowest BCUT2D eigenvalue weighted by Crippen LogP contribution is -2.53. The van der Waals surface area contributed by atoms with Crippen molar-refractivity contribution < 1.29 is 32.6 Å². The molecular formula is C14H15ClF3NO4. The van der Waals surface area contributed by atoms with Crippen LogP contribution in [0.1, 0.15) is 18.9 Å². The highest BCUT2D eigenvalue weighted by Gasteiger charge is 2.43. The first-order valence-corrected chi connectivity index (χ1v) is 6.78. The Morgan fingerprint density at radius 1 is 1.35 bits per heavy atom. The van der Waals surface area contributed by atoms with E-state index in [-0.39, 0.29) is 6.42 Å². The second-order valence-electron chi connectivity index (χ2n) is 5.22. The zero-order valence-corrected chi connectivity index (χ0v) is 13.1. The van der Waals surface area contributed by atoms with Gasteiger partial charge in [-0.3, -0.25) is 9.59 Å². The Morgan fingerprint density at radius 3 is 2.43 bits per heavy atom. The van der Waals surface area contributed by atoms with Crippen LogP contribution in [-0.4, -0.2) is 35.8 Å². The van der Waals surface area contributed by atoms with Gasteiger partial charge in [0.25, 0.3) is 0 Å². The Bertz CT molecular complexity index is 606. The lowest BCUT2D eigenvalue weighted by atomic mass is 9.89. The van der Waals surface area contributed by atoms with Crippen LogP contribution < -0.4 is 10.1 Å². The van der Waals surface area contributed by atoms with Gasteiger partial charge < -0.3 is 15.2 Å². The van der Waals surface area contributed by atoms with Gasteiger partial charge in [0.1, 0.15) is 5.75 Å². The van der Waals surface area contributed by atoms with Crippen molar-refractivity contribution in [2.24, 2.45) is 0 Å². The highest BCUT2D eigenvalue weighted by atomic mass is 35.5. The predicted octanol–water partition coefficient (Wildman–Crippen LogP) is 2.80. The lowest BCUT2D eigenvalue weighted by molar-refractivity contribution is -0.176. The van der Waals surface area contributed by atoms with Gasteiger partial charge in [-0.05, 0) is 37.1 Å². The molecule has 0 bridgehead atoms. The molecule has 1 atom stereocenters. The van der Waals surface area contributed by atoms with Gasteiger partial charge in [0, 0.05) is 5.02 Å². The van der Waals surface area contributed by atoms with E-state index in [2.05, 4.69) is 0 Å². The molecule has 0 fully saturated rings. The fourth-order valence-corrected chi connectivity index (χ4v) is 2.33. The van der Waals surface area contributed by atoms with Crippen LogP contribution in [0.25, 0.3) is 0 Å². The molecule has 1 aromatic rings. The summed E-state index contributed by atoms with van der Waals surface area (Å²) in [5.74, 6) is -3.23. The largest absolute Gasteiger partial charge is 0.496 e.